The van der Waals surface area contributed by atoms with Gasteiger partial charge in [0.05, 0.1) is 11.4 Å². The van der Waals surface area contributed by atoms with Crippen LogP contribution in [0.3, 0.4) is 0 Å². The first-order valence-corrected chi connectivity index (χ1v) is 9.62. The summed E-state index contributed by atoms with van der Waals surface area (Å²) in [6.07, 6.45) is 1.59. The maximum atomic E-state index is 12.8. The third kappa shape index (κ3) is 6.12. The Morgan fingerprint density at radius 1 is 1.04 bits per heavy atom. The van der Waals surface area contributed by atoms with Gasteiger partial charge in [-0.05, 0) is 54.8 Å². The molecule has 0 aromatic heterocycles. The summed E-state index contributed by atoms with van der Waals surface area (Å²) in [5.74, 6) is -0.424. The molecule has 1 amide bonds. The van der Waals surface area contributed by atoms with Crippen molar-refractivity contribution in [1.82, 2.24) is 4.72 Å². The average molecular weight is 385 g/mol. The van der Waals surface area contributed by atoms with Crippen molar-refractivity contribution in [2.75, 3.05) is 17.7 Å². The Kier molecular flexibility index (Phi) is 6.92. The first kappa shape index (κ1) is 19.4. The van der Waals surface area contributed by atoms with E-state index in [1.165, 1.54) is 36.4 Å². The number of carbonyl (C=O) groups excluding carboxylic acids is 1. The molecule has 0 radical (unpaired) electrons. The van der Waals surface area contributed by atoms with Gasteiger partial charge < -0.3 is 5.32 Å². The van der Waals surface area contributed by atoms with Gasteiger partial charge >= 0.3 is 0 Å². The smallest absolute Gasteiger partial charge is 0.241 e. The minimum atomic E-state index is -3.79. The number of nitrogens with one attached hydrogen (secondary N) is 2. The number of amides is 1. The number of aryl methyl sites for hydroxylation is 1. The van der Waals surface area contributed by atoms with Crippen molar-refractivity contribution in [3.05, 3.63) is 59.9 Å². The van der Waals surface area contributed by atoms with E-state index in [4.69, 9.17) is 11.6 Å². The van der Waals surface area contributed by atoms with Gasteiger partial charge in [-0.25, -0.2) is 17.5 Å². The molecule has 2 rings (SSSR count). The highest BCUT2D eigenvalue weighted by atomic mass is 35.5. The molecule has 0 aliphatic carbocycles. The summed E-state index contributed by atoms with van der Waals surface area (Å²) in [6, 6.07) is 11.6. The lowest BCUT2D eigenvalue weighted by Crippen LogP contribution is -2.32. The Balaban J connectivity index is 1.91. The quantitative estimate of drug-likeness (QED) is 0.687. The van der Waals surface area contributed by atoms with Gasteiger partial charge in [0.1, 0.15) is 5.82 Å². The van der Waals surface area contributed by atoms with Crippen molar-refractivity contribution >= 4 is 33.2 Å². The fourth-order valence-corrected chi connectivity index (χ4v) is 3.20. The zero-order valence-corrected chi connectivity index (χ0v) is 14.9. The third-order valence-corrected chi connectivity index (χ3v) is 5.07. The van der Waals surface area contributed by atoms with E-state index in [1.54, 1.807) is 12.1 Å². The van der Waals surface area contributed by atoms with Crippen LogP contribution in [0.15, 0.2) is 53.4 Å². The van der Waals surface area contributed by atoms with Crippen LogP contribution in [0.4, 0.5) is 10.1 Å². The predicted octanol–water partition coefficient (Wildman–Crippen LogP) is 2.91. The first-order valence-electron chi connectivity index (χ1n) is 7.61. The van der Waals surface area contributed by atoms with Gasteiger partial charge in [0.2, 0.25) is 15.9 Å². The van der Waals surface area contributed by atoms with Gasteiger partial charge in [-0.3, -0.25) is 4.79 Å². The number of rotatable bonds is 8. The molecule has 2 aromatic rings. The number of carbonyl (C=O) groups is 1. The van der Waals surface area contributed by atoms with Crippen LogP contribution >= 0.6 is 11.6 Å². The minimum Gasteiger partial charge on any atom is -0.325 e. The molecule has 5 nitrogen and oxygen atoms in total. The maximum absolute atomic E-state index is 12.8. The van der Waals surface area contributed by atoms with Crippen LogP contribution in [0, 0.1) is 5.82 Å². The zero-order valence-electron chi connectivity index (χ0n) is 13.3. The van der Waals surface area contributed by atoms with E-state index >= 15 is 0 Å². The van der Waals surface area contributed by atoms with Crippen molar-refractivity contribution in [3.8, 4) is 0 Å². The summed E-state index contributed by atoms with van der Waals surface area (Å²) in [5.41, 5.74) is 1.38. The largest absolute Gasteiger partial charge is 0.325 e. The fourth-order valence-electron chi connectivity index (χ4n) is 2.09. The Morgan fingerprint density at radius 2 is 1.68 bits per heavy atom. The topological polar surface area (TPSA) is 75.3 Å². The molecule has 0 fully saturated rings. The molecule has 0 aliphatic heterocycles. The number of alkyl halides is 1. The highest BCUT2D eigenvalue weighted by molar-refractivity contribution is 7.89. The summed E-state index contributed by atoms with van der Waals surface area (Å²) in [7, 11) is -3.79. The SMILES string of the molecule is O=C(CNS(=O)(=O)c1ccc(CCCCl)cc1)Nc1ccc(F)cc1. The fraction of sp³-hybridized carbons (Fsp3) is 0.235. The lowest BCUT2D eigenvalue weighted by atomic mass is 10.1. The highest BCUT2D eigenvalue weighted by Gasteiger charge is 2.15. The molecule has 0 saturated carbocycles. The Labute approximate surface area is 151 Å². The van der Waals surface area contributed by atoms with Crippen LogP contribution in [0.5, 0.6) is 0 Å². The Hall–Kier alpha value is -1.96. The molecular weight excluding hydrogens is 367 g/mol. The highest BCUT2D eigenvalue weighted by Crippen LogP contribution is 2.12. The Morgan fingerprint density at radius 3 is 2.28 bits per heavy atom. The van der Waals surface area contributed by atoms with Crippen LogP contribution in [0.25, 0.3) is 0 Å². The van der Waals surface area contributed by atoms with Crippen molar-refractivity contribution < 1.29 is 17.6 Å². The molecule has 2 aromatic carbocycles. The van der Waals surface area contributed by atoms with Crippen LogP contribution < -0.4 is 10.0 Å². The monoisotopic (exact) mass is 384 g/mol. The van der Waals surface area contributed by atoms with E-state index in [-0.39, 0.29) is 4.90 Å². The lowest BCUT2D eigenvalue weighted by Gasteiger charge is -2.08. The molecule has 0 spiro atoms. The average Bonchev–Trinajstić information content (AvgIpc) is 2.61. The molecule has 25 heavy (non-hydrogen) atoms. The number of benzene rings is 2. The molecule has 8 heteroatoms. The number of hydrogen-bond acceptors (Lipinski definition) is 3. The summed E-state index contributed by atoms with van der Waals surface area (Å²) in [4.78, 5) is 11.9. The summed E-state index contributed by atoms with van der Waals surface area (Å²) in [6.45, 7) is -0.423. The van der Waals surface area contributed by atoms with Gasteiger partial charge in [0.25, 0.3) is 0 Å². The van der Waals surface area contributed by atoms with Gasteiger partial charge in [-0.15, -0.1) is 11.6 Å². The van der Waals surface area contributed by atoms with Crippen LogP contribution in [-0.4, -0.2) is 26.7 Å². The number of anilines is 1. The molecule has 0 heterocycles. The van der Waals surface area contributed by atoms with Crippen molar-refractivity contribution in [2.45, 2.75) is 17.7 Å². The third-order valence-electron chi connectivity index (χ3n) is 3.38. The van der Waals surface area contributed by atoms with Gasteiger partial charge in [0, 0.05) is 11.6 Å². The van der Waals surface area contributed by atoms with Gasteiger partial charge in [-0.2, -0.15) is 0 Å². The normalized spacial score (nSPS) is 11.3. The predicted molar refractivity (Wildman–Crippen MR) is 95.7 cm³/mol. The van der Waals surface area contributed by atoms with E-state index in [1.807, 2.05) is 0 Å². The summed E-state index contributed by atoms with van der Waals surface area (Å²) < 4.78 is 39.4. The molecule has 0 saturated heterocycles. The van der Waals surface area contributed by atoms with Crippen molar-refractivity contribution in [2.24, 2.45) is 0 Å². The second kappa shape index (κ2) is 8.94. The molecule has 0 aliphatic rings. The maximum Gasteiger partial charge on any atom is 0.241 e. The van der Waals surface area contributed by atoms with E-state index in [2.05, 4.69) is 10.0 Å². The molecular formula is C17H18ClFN2O3S. The van der Waals surface area contributed by atoms with Crippen molar-refractivity contribution in [3.63, 3.8) is 0 Å². The standard InChI is InChI=1S/C17H18ClFN2O3S/c18-11-1-2-13-3-9-16(10-4-13)25(23,24)20-12-17(22)21-15-7-5-14(19)6-8-15/h3-10,20H,1-2,11-12H2,(H,21,22). The Bertz CT molecular complexity index is 809. The van der Waals surface area contributed by atoms with Crippen molar-refractivity contribution in [1.29, 1.82) is 0 Å². The van der Waals surface area contributed by atoms with E-state index in [9.17, 15) is 17.6 Å². The number of sulfonamides is 1. The minimum absolute atomic E-state index is 0.0803. The summed E-state index contributed by atoms with van der Waals surface area (Å²) >= 11 is 5.63. The molecule has 2 N–H and O–H groups in total. The van der Waals surface area contributed by atoms with Crippen LogP contribution in [0.2, 0.25) is 0 Å². The second-order valence-corrected chi connectivity index (χ2v) is 7.46. The summed E-state index contributed by atoms with van der Waals surface area (Å²) in [5, 5.41) is 2.48. The van der Waals surface area contributed by atoms with E-state index < -0.39 is 28.3 Å². The lowest BCUT2D eigenvalue weighted by molar-refractivity contribution is -0.115. The van der Waals surface area contributed by atoms with E-state index in [0.29, 0.717) is 11.6 Å². The molecule has 0 unspecified atom stereocenters. The zero-order chi connectivity index (χ0) is 18.3. The molecule has 134 valence electrons. The van der Waals surface area contributed by atoms with Crippen LogP contribution in [-0.2, 0) is 21.2 Å². The van der Waals surface area contributed by atoms with Crippen LogP contribution in [0.1, 0.15) is 12.0 Å². The number of hydrogen-bond donors (Lipinski definition) is 2. The van der Waals surface area contributed by atoms with Gasteiger partial charge in [-0.1, -0.05) is 12.1 Å². The molecule has 0 atom stereocenters. The molecule has 0 bridgehead atoms. The van der Waals surface area contributed by atoms with Gasteiger partial charge in [0.15, 0.2) is 0 Å². The van der Waals surface area contributed by atoms with E-state index in [0.717, 1.165) is 18.4 Å². The first-order chi connectivity index (χ1) is 11.9. The second-order valence-electron chi connectivity index (χ2n) is 5.32. The number of halogens is 2.